The minimum Gasteiger partial charge on any atom is -0.496 e. The molecule has 0 saturated heterocycles. The van der Waals surface area contributed by atoms with Gasteiger partial charge in [-0.3, -0.25) is 4.79 Å². The first kappa shape index (κ1) is 20.9. The number of hydrogen-bond acceptors (Lipinski definition) is 5. The molecule has 5 heteroatoms. The average Bonchev–Trinajstić information content (AvgIpc) is 2.78. The van der Waals surface area contributed by atoms with Crippen LogP contribution in [-0.4, -0.2) is 26.0 Å². The number of benzene rings is 3. The number of ether oxygens (including phenoxy) is 3. The summed E-state index contributed by atoms with van der Waals surface area (Å²) in [5, 5.41) is 0. The highest BCUT2D eigenvalue weighted by atomic mass is 16.5. The van der Waals surface area contributed by atoms with Gasteiger partial charge in [0.1, 0.15) is 22.8 Å². The van der Waals surface area contributed by atoms with E-state index in [2.05, 4.69) is 0 Å². The molecular weight excluding hydrogens is 380 g/mol. The van der Waals surface area contributed by atoms with Gasteiger partial charge in [0.25, 0.3) is 0 Å². The lowest BCUT2D eigenvalue weighted by atomic mass is 10.1. The number of ketones is 1. The molecule has 3 aromatic carbocycles. The fourth-order valence-corrected chi connectivity index (χ4v) is 2.89. The molecule has 0 spiro atoms. The summed E-state index contributed by atoms with van der Waals surface area (Å²) in [6.45, 7) is 1.96. The molecule has 0 atom stereocenters. The molecule has 0 fully saturated rings. The van der Waals surface area contributed by atoms with Gasteiger partial charge in [0.15, 0.2) is 5.78 Å². The molecule has 3 rings (SSSR count). The maximum absolute atomic E-state index is 12.8. The van der Waals surface area contributed by atoms with Crippen molar-refractivity contribution in [1.29, 1.82) is 0 Å². The molecule has 30 heavy (non-hydrogen) atoms. The molecule has 0 aromatic heterocycles. The molecule has 0 saturated carbocycles. The van der Waals surface area contributed by atoms with Gasteiger partial charge in [0, 0.05) is 11.1 Å². The highest BCUT2D eigenvalue weighted by molar-refractivity contribution is 6.07. The van der Waals surface area contributed by atoms with Gasteiger partial charge < -0.3 is 14.2 Å². The first-order valence-electron chi connectivity index (χ1n) is 9.34. The van der Waals surface area contributed by atoms with Gasteiger partial charge in [-0.25, -0.2) is 4.79 Å². The van der Waals surface area contributed by atoms with Crippen LogP contribution in [0.4, 0.5) is 0 Å². The number of aryl methyl sites for hydroxylation is 1. The van der Waals surface area contributed by atoms with E-state index >= 15 is 0 Å². The maximum Gasteiger partial charge on any atom is 0.351 e. The molecule has 152 valence electrons. The molecule has 5 nitrogen and oxygen atoms in total. The molecule has 0 aliphatic rings. The van der Waals surface area contributed by atoms with Crippen LogP contribution in [0.3, 0.4) is 0 Å². The van der Waals surface area contributed by atoms with Crippen molar-refractivity contribution in [3.63, 3.8) is 0 Å². The van der Waals surface area contributed by atoms with Gasteiger partial charge in [0.2, 0.25) is 0 Å². The van der Waals surface area contributed by atoms with Crippen LogP contribution in [0.5, 0.6) is 17.2 Å². The number of carbonyl (C=O) groups is 2. The van der Waals surface area contributed by atoms with Crippen molar-refractivity contribution in [3.05, 3.63) is 95.1 Å². The van der Waals surface area contributed by atoms with Crippen molar-refractivity contribution in [2.24, 2.45) is 0 Å². The van der Waals surface area contributed by atoms with Gasteiger partial charge in [-0.15, -0.1) is 0 Å². The predicted molar refractivity (Wildman–Crippen MR) is 115 cm³/mol. The van der Waals surface area contributed by atoms with Crippen LogP contribution in [0.25, 0.3) is 6.08 Å². The maximum atomic E-state index is 12.8. The largest absolute Gasteiger partial charge is 0.496 e. The summed E-state index contributed by atoms with van der Waals surface area (Å²) in [7, 11) is 2.94. The Morgan fingerprint density at radius 3 is 2.00 bits per heavy atom. The third-order valence-corrected chi connectivity index (χ3v) is 4.50. The summed E-state index contributed by atoms with van der Waals surface area (Å²) in [5.41, 5.74) is 2.46. The second-order valence-electron chi connectivity index (χ2n) is 6.53. The summed E-state index contributed by atoms with van der Waals surface area (Å²) in [5.74, 6) is 0.268. The zero-order chi connectivity index (χ0) is 21.5. The van der Waals surface area contributed by atoms with E-state index in [4.69, 9.17) is 14.2 Å². The molecule has 0 heterocycles. The van der Waals surface area contributed by atoms with Crippen molar-refractivity contribution in [3.8, 4) is 17.2 Å². The van der Waals surface area contributed by atoms with E-state index in [0.717, 1.165) is 5.56 Å². The second-order valence-corrected chi connectivity index (χ2v) is 6.53. The molecule has 3 aromatic rings. The normalized spacial score (nSPS) is 10.6. The molecule has 0 unspecified atom stereocenters. The summed E-state index contributed by atoms with van der Waals surface area (Å²) in [4.78, 5) is 25.3. The Morgan fingerprint density at radius 1 is 0.767 bits per heavy atom. The fourth-order valence-electron chi connectivity index (χ4n) is 2.89. The van der Waals surface area contributed by atoms with Crippen LogP contribution in [0.2, 0.25) is 0 Å². The molecule has 0 bridgehead atoms. The minimum atomic E-state index is -0.616. The number of esters is 1. The van der Waals surface area contributed by atoms with Crippen LogP contribution >= 0.6 is 0 Å². The van der Waals surface area contributed by atoms with Gasteiger partial charge >= 0.3 is 5.97 Å². The fraction of sp³-hybridized carbons (Fsp3) is 0.120. The lowest BCUT2D eigenvalue weighted by molar-refractivity contribution is 0.0727. The van der Waals surface area contributed by atoms with Crippen LogP contribution < -0.4 is 14.2 Å². The van der Waals surface area contributed by atoms with Crippen molar-refractivity contribution >= 4 is 17.8 Å². The Hall–Kier alpha value is -3.86. The topological polar surface area (TPSA) is 61.8 Å². The number of para-hydroxylation sites is 1. The smallest absolute Gasteiger partial charge is 0.351 e. The molecular formula is C25H22O5. The SMILES string of the molecule is COc1cccc(OC)c1C(=O)Oc1ccccc1/C=C/C(=O)c1ccc(C)cc1. The highest BCUT2D eigenvalue weighted by Crippen LogP contribution is 2.30. The third-order valence-electron chi connectivity index (χ3n) is 4.50. The summed E-state index contributed by atoms with van der Waals surface area (Å²) in [6.07, 6.45) is 3.09. The van der Waals surface area contributed by atoms with Crippen molar-refractivity contribution in [1.82, 2.24) is 0 Å². The standard InChI is InChI=1S/C25H22O5/c1-17-11-13-18(14-12-17)20(26)16-15-19-7-4-5-8-21(19)30-25(27)24-22(28-2)9-6-10-23(24)29-3/h4-16H,1-3H3/b16-15+. The van der Waals surface area contributed by atoms with E-state index in [-0.39, 0.29) is 11.3 Å². The Balaban J connectivity index is 1.85. The second kappa shape index (κ2) is 9.56. The van der Waals surface area contributed by atoms with Gasteiger partial charge in [-0.05, 0) is 37.3 Å². The summed E-state index contributed by atoms with van der Waals surface area (Å²) >= 11 is 0. The van der Waals surface area contributed by atoms with Crippen LogP contribution in [0.1, 0.15) is 31.8 Å². The van der Waals surface area contributed by atoms with Crippen LogP contribution in [0.15, 0.2) is 72.8 Å². The lowest BCUT2D eigenvalue weighted by Crippen LogP contribution is -2.12. The van der Waals surface area contributed by atoms with E-state index in [0.29, 0.717) is 28.4 Å². The van der Waals surface area contributed by atoms with Crippen LogP contribution in [0, 0.1) is 6.92 Å². The van der Waals surface area contributed by atoms with Gasteiger partial charge in [0.05, 0.1) is 14.2 Å². The van der Waals surface area contributed by atoms with Crippen molar-refractivity contribution in [2.75, 3.05) is 14.2 Å². The van der Waals surface area contributed by atoms with Crippen molar-refractivity contribution < 1.29 is 23.8 Å². The molecule has 0 amide bonds. The Kier molecular flexibility index (Phi) is 6.65. The molecule has 0 aliphatic heterocycles. The average molecular weight is 402 g/mol. The quantitative estimate of drug-likeness (QED) is 0.237. The zero-order valence-electron chi connectivity index (χ0n) is 17.0. The lowest BCUT2D eigenvalue weighted by Gasteiger charge is -2.13. The number of rotatable bonds is 7. The monoisotopic (exact) mass is 402 g/mol. The number of hydrogen-bond donors (Lipinski definition) is 0. The Labute approximate surface area is 175 Å². The minimum absolute atomic E-state index is 0.137. The first-order valence-corrected chi connectivity index (χ1v) is 9.34. The zero-order valence-corrected chi connectivity index (χ0v) is 17.0. The number of carbonyl (C=O) groups excluding carboxylic acids is 2. The summed E-state index contributed by atoms with van der Waals surface area (Å²) in [6, 6.07) is 19.4. The van der Waals surface area contributed by atoms with E-state index in [1.165, 1.54) is 20.3 Å². The Morgan fingerprint density at radius 2 is 1.37 bits per heavy atom. The van der Waals surface area contributed by atoms with E-state index in [9.17, 15) is 9.59 Å². The molecule has 0 aliphatic carbocycles. The van der Waals surface area contributed by atoms with E-state index in [1.807, 2.05) is 19.1 Å². The number of methoxy groups -OCH3 is 2. The van der Waals surface area contributed by atoms with Crippen LogP contribution in [-0.2, 0) is 0 Å². The summed E-state index contributed by atoms with van der Waals surface area (Å²) < 4.78 is 16.2. The molecule has 0 N–H and O–H groups in total. The highest BCUT2D eigenvalue weighted by Gasteiger charge is 2.21. The number of allylic oxidation sites excluding steroid dienone is 1. The van der Waals surface area contributed by atoms with E-state index in [1.54, 1.807) is 60.7 Å². The Bertz CT molecular complexity index is 1060. The predicted octanol–water partition coefficient (Wildman–Crippen LogP) is 5.13. The van der Waals surface area contributed by atoms with Gasteiger partial charge in [-0.2, -0.15) is 0 Å². The third kappa shape index (κ3) is 4.75. The first-order chi connectivity index (χ1) is 14.5. The van der Waals surface area contributed by atoms with Crippen molar-refractivity contribution in [2.45, 2.75) is 6.92 Å². The van der Waals surface area contributed by atoms with E-state index < -0.39 is 5.97 Å². The molecule has 0 radical (unpaired) electrons. The van der Waals surface area contributed by atoms with Gasteiger partial charge in [-0.1, -0.05) is 54.1 Å².